The van der Waals surface area contributed by atoms with Crippen molar-refractivity contribution in [3.63, 3.8) is 0 Å². The van der Waals surface area contributed by atoms with Gasteiger partial charge in [-0.25, -0.2) is 8.78 Å². The van der Waals surface area contributed by atoms with Crippen LogP contribution in [0.25, 0.3) is 11.1 Å². The number of alkyl halides is 2. The van der Waals surface area contributed by atoms with Gasteiger partial charge in [-0.2, -0.15) is 0 Å². The third kappa shape index (κ3) is 5.35. The molecule has 1 fully saturated rings. The summed E-state index contributed by atoms with van der Waals surface area (Å²) >= 11 is 0. The molecule has 5 rings (SSSR count). The van der Waals surface area contributed by atoms with Crippen molar-refractivity contribution in [2.45, 2.75) is 45.8 Å². The number of phenolic OH excluding ortho intramolecular Hbond substituents is 1. The van der Waals surface area contributed by atoms with Crippen LogP contribution in [0.4, 0.5) is 8.78 Å². The fourth-order valence-electron chi connectivity index (χ4n) is 5.28. The maximum Gasteiger partial charge on any atom is 0.263 e. The van der Waals surface area contributed by atoms with E-state index in [9.17, 15) is 13.9 Å². The predicted octanol–water partition coefficient (Wildman–Crippen LogP) is 7.50. The molecule has 0 aliphatic carbocycles. The molecule has 0 amide bonds. The van der Waals surface area contributed by atoms with E-state index >= 15 is 0 Å². The molecule has 0 radical (unpaired) electrons. The lowest BCUT2D eigenvalue weighted by molar-refractivity contribution is 0.151. The van der Waals surface area contributed by atoms with E-state index in [4.69, 9.17) is 9.47 Å². The van der Waals surface area contributed by atoms with Gasteiger partial charge in [0, 0.05) is 29.3 Å². The molecule has 6 heteroatoms. The van der Waals surface area contributed by atoms with Crippen LogP contribution >= 0.6 is 0 Å². The largest absolute Gasteiger partial charge is 0.508 e. The van der Waals surface area contributed by atoms with E-state index in [2.05, 4.69) is 18.7 Å². The van der Waals surface area contributed by atoms with Crippen LogP contribution in [0.1, 0.15) is 62.0 Å². The minimum atomic E-state index is -2.52. The van der Waals surface area contributed by atoms with E-state index in [1.165, 1.54) is 18.6 Å². The van der Waals surface area contributed by atoms with Gasteiger partial charge in [-0.15, -0.1) is 0 Å². The van der Waals surface area contributed by atoms with Crippen molar-refractivity contribution in [1.82, 2.24) is 4.90 Å². The lowest BCUT2D eigenvalue weighted by Gasteiger charge is -2.31. The molecule has 0 bridgehead atoms. The topological polar surface area (TPSA) is 41.9 Å². The van der Waals surface area contributed by atoms with Crippen molar-refractivity contribution in [2.24, 2.45) is 5.92 Å². The summed E-state index contributed by atoms with van der Waals surface area (Å²) in [6.07, 6.45) is -1.72. The average molecular weight is 506 g/mol. The molecule has 3 atom stereocenters. The Kier molecular flexibility index (Phi) is 7.20. The lowest BCUT2D eigenvalue weighted by Crippen LogP contribution is -2.35. The number of rotatable bonds is 7. The Balaban J connectivity index is 1.41. The number of allylic oxidation sites excluding steroid dienone is 1. The second-order valence-electron chi connectivity index (χ2n) is 10.3. The molecule has 4 nitrogen and oxygen atoms in total. The molecule has 2 aliphatic rings. The standard InChI is InChI=1S/C31H33F2NO3/c1-19-14-15-34(17-19)20(2)18-36-26-11-8-23(9-12-26)30-29(22-4-6-24(7-5-22)31(32)33)21(3)27-16-25(35)10-13-28(27)37-30/h4-13,16,19-20,30-31,35H,14-15,17-18H2,1-3H3/t19-,20+,30?/m1/s1. The van der Waals surface area contributed by atoms with Crippen LogP contribution in [0.15, 0.2) is 66.7 Å². The van der Waals surface area contributed by atoms with Gasteiger partial charge >= 0.3 is 0 Å². The van der Waals surface area contributed by atoms with Gasteiger partial charge < -0.3 is 14.6 Å². The first-order valence-electron chi connectivity index (χ1n) is 12.9. The van der Waals surface area contributed by atoms with Gasteiger partial charge in [-0.1, -0.05) is 43.3 Å². The number of likely N-dealkylation sites (tertiary alicyclic amines) is 1. The van der Waals surface area contributed by atoms with Gasteiger partial charge in [0.2, 0.25) is 0 Å². The molecule has 2 heterocycles. The number of hydrogen-bond acceptors (Lipinski definition) is 4. The Morgan fingerprint density at radius 1 is 1.05 bits per heavy atom. The third-order valence-electron chi connectivity index (χ3n) is 7.50. The van der Waals surface area contributed by atoms with Crippen molar-refractivity contribution in [3.8, 4) is 17.2 Å². The van der Waals surface area contributed by atoms with E-state index in [1.807, 2.05) is 31.2 Å². The van der Waals surface area contributed by atoms with Crippen LogP contribution in [0.3, 0.4) is 0 Å². The number of halogens is 2. The van der Waals surface area contributed by atoms with Crippen LogP contribution in [-0.2, 0) is 0 Å². The summed E-state index contributed by atoms with van der Waals surface area (Å²) in [7, 11) is 0. The third-order valence-corrected chi connectivity index (χ3v) is 7.50. The quantitative estimate of drug-likeness (QED) is 0.361. The molecule has 0 aromatic heterocycles. The van der Waals surface area contributed by atoms with E-state index in [0.717, 1.165) is 52.6 Å². The molecule has 1 unspecified atom stereocenters. The van der Waals surface area contributed by atoms with E-state index in [-0.39, 0.29) is 11.3 Å². The highest BCUT2D eigenvalue weighted by molar-refractivity contribution is 5.95. The molecule has 2 aliphatic heterocycles. The number of nitrogens with zero attached hydrogens (tertiary/aromatic N) is 1. The molecule has 37 heavy (non-hydrogen) atoms. The van der Waals surface area contributed by atoms with Crippen LogP contribution in [0.2, 0.25) is 0 Å². The molecular weight excluding hydrogens is 472 g/mol. The number of benzene rings is 3. The number of fused-ring (bicyclic) bond motifs is 1. The van der Waals surface area contributed by atoms with E-state index in [0.29, 0.717) is 18.4 Å². The summed E-state index contributed by atoms with van der Waals surface area (Å²) in [5.41, 5.74) is 4.31. The Hall–Kier alpha value is -3.38. The van der Waals surface area contributed by atoms with Crippen molar-refractivity contribution in [3.05, 3.63) is 89.0 Å². The zero-order chi connectivity index (χ0) is 26.1. The van der Waals surface area contributed by atoms with Gasteiger partial charge in [0.05, 0.1) is 0 Å². The summed E-state index contributed by atoms with van der Waals surface area (Å²) in [5, 5.41) is 10.1. The SMILES string of the molecule is CC1=C(c2ccc(C(F)F)cc2)C(c2ccc(OC[C@H](C)N3CC[C@@H](C)C3)cc2)Oc2ccc(O)cc21. The zero-order valence-corrected chi connectivity index (χ0v) is 21.5. The Bertz CT molecular complexity index is 1270. The molecule has 1 N–H and O–H groups in total. The van der Waals surface area contributed by atoms with E-state index in [1.54, 1.807) is 30.3 Å². The molecule has 194 valence electrons. The number of aromatic hydroxyl groups is 1. The van der Waals surface area contributed by atoms with Crippen LogP contribution in [-0.4, -0.2) is 35.7 Å². The minimum Gasteiger partial charge on any atom is -0.508 e. The monoisotopic (exact) mass is 505 g/mol. The summed E-state index contributed by atoms with van der Waals surface area (Å²) in [6, 6.07) is 19.6. The van der Waals surface area contributed by atoms with E-state index < -0.39 is 12.5 Å². The summed E-state index contributed by atoms with van der Waals surface area (Å²) in [5.74, 6) is 2.35. The summed E-state index contributed by atoms with van der Waals surface area (Å²) in [6.45, 7) is 9.34. The Morgan fingerprint density at radius 3 is 2.43 bits per heavy atom. The smallest absolute Gasteiger partial charge is 0.263 e. The van der Waals surface area contributed by atoms with Crippen LogP contribution in [0, 0.1) is 5.92 Å². The Labute approximate surface area is 217 Å². The molecule has 1 saturated heterocycles. The average Bonchev–Trinajstić information content (AvgIpc) is 3.34. The first kappa shape index (κ1) is 25.3. The maximum atomic E-state index is 13.2. The van der Waals surface area contributed by atoms with Crippen molar-refractivity contribution < 1.29 is 23.4 Å². The first-order valence-corrected chi connectivity index (χ1v) is 12.9. The molecule has 3 aromatic rings. The highest BCUT2D eigenvalue weighted by atomic mass is 19.3. The molecule has 3 aromatic carbocycles. The minimum absolute atomic E-state index is 0.0209. The number of ether oxygens (including phenoxy) is 2. The Morgan fingerprint density at radius 2 is 1.78 bits per heavy atom. The molecule has 0 saturated carbocycles. The first-order chi connectivity index (χ1) is 17.8. The fourth-order valence-corrected chi connectivity index (χ4v) is 5.28. The van der Waals surface area contributed by atoms with Crippen molar-refractivity contribution in [1.29, 1.82) is 0 Å². The van der Waals surface area contributed by atoms with Gasteiger partial charge in [-0.05, 0) is 79.8 Å². The number of phenols is 1. The summed E-state index contributed by atoms with van der Waals surface area (Å²) in [4.78, 5) is 2.48. The van der Waals surface area contributed by atoms with Gasteiger partial charge in [-0.3, -0.25) is 4.90 Å². The van der Waals surface area contributed by atoms with Gasteiger partial charge in [0.15, 0.2) is 0 Å². The summed E-state index contributed by atoms with van der Waals surface area (Å²) < 4.78 is 38.9. The lowest BCUT2D eigenvalue weighted by atomic mass is 9.86. The van der Waals surface area contributed by atoms with Crippen LogP contribution < -0.4 is 9.47 Å². The second-order valence-corrected chi connectivity index (χ2v) is 10.3. The maximum absolute atomic E-state index is 13.2. The predicted molar refractivity (Wildman–Crippen MR) is 142 cm³/mol. The normalized spacial score (nSPS) is 20.6. The fraction of sp³-hybridized carbons (Fsp3) is 0.355. The number of hydrogen-bond donors (Lipinski definition) is 1. The van der Waals surface area contributed by atoms with Gasteiger partial charge in [0.25, 0.3) is 6.43 Å². The zero-order valence-electron chi connectivity index (χ0n) is 21.5. The highest BCUT2D eigenvalue weighted by Crippen LogP contribution is 2.47. The van der Waals surface area contributed by atoms with Gasteiger partial charge in [0.1, 0.15) is 30.0 Å². The second kappa shape index (κ2) is 10.5. The molecule has 0 spiro atoms. The van der Waals surface area contributed by atoms with Crippen molar-refractivity contribution in [2.75, 3.05) is 19.7 Å². The van der Waals surface area contributed by atoms with Crippen molar-refractivity contribution >= 4 is 11.1 Å². The van der Waals surface area contributed by atoms with Crippen LogP contribution in [0.5, 0.6) is 17.2 Å². The molecular formula is C31H33F2NO3. The highest BCUT2D eigenvalue weighted by Gasteiger charge is 2.30.